The number of unbranched alkanes of at least 4 members (excludes halogenated alkanes) is 29. The molecule has 0 heterocycles. The zero-order chi connectivity index (χ0) is 42.6. The number of nitrogens with one attached hydrogen (secondary N) is 2. The smallest absolute Gasteiger partial charge is 0.328 e. The molecule has 0 aliphatic rings. The largest absolute Gasteiger partial charge is 0.480 e. The number of carboxylic acid groups (broad SMARTS) is 1. The van der Waals surface area contributed by atoms with Crippen LogP contribution in [0.3, 0.4) is 0 Å². The monoisotopic (exact) mass is 821 g/mol. The van der Waals surface area contributed by atoms with Crippen LogP contribution in [0.1, 0.15) is 251 Å². The van der Waals surface area contributed by atoms with Crippen LogP contribution in [-0.4, -0.2) is 59.3 Å². The normalized spacial score (nSPS) is 12.5. The number of amides is 2. The van der Waals surface area contributed by atoms with Gasteiger partial charge in [-0.15, -0.1) is 0 Å². The second-order valence-electron chi connectivity index (χ2n) is 16.9. The van der Waals surface area contributed by atoms with E-state index in [4.69, 9.17) is 14.9 Å². The molecule has 9 nitrogen and oxygen atoms in total. The topological polar surface area (TPSA) is 142 Å². The number of carbonyl (C=O) groups excluding carboxylic acids is 3. The number of hydrogen-bond acceptors (Lipinski definition) is 6. The van der Waals surface area contributed by atoms with Crippen molar-refractivity contribution in [3.05, 3.63) is 12.2 Å². The molecule has 0 aliphatic carbocycles. The summed E-state index contributed by atoms with van der Waals surface area (Å²) in [6, 6.07) is -1.38. The lowest BCUT2D eigenvalue weighted by atomic mass is 10.0. The Bertz CT molecular complexity index is 988. The molecular formula is C49H92N2O7. The van der Waals surface area contributed by atoms with Gasteiger partial charge in [-0.2, -0.15) is 0 Å². The number of aliphatic hydroxyl groups is 1. The fourth-order valence-corrected chi connectivity index (χ4v) is 7.48. The van der Waals surface area contributed by atoms with Gasteiger partial charge in [0.05, 0.1) is 13.2 Å². The zero-order valence-electron chi connectivity index (χ0n) is 37.8. The van der Waals surface area contributed by atoms with Gasteiger partial charge >= 0.3 is 11.9 Å². The van der Waals surface area contributed by atoms with Gasteiger partial charge in [-0.25, -0.2) is 4.79 Å². The maximum atomic E-state index is 12.9. The SMILES string of the molecule is CCCCCCCC/C=C\CCCCCCCCCC(=O)OC(CCCCCCCCCCCCCCC)CCCCCCCC(=O)NCC(=O)NC(CO)C(=O)O. The van der Waals surface area contributed by atoms with Crippen LogP contribution in [0.5, 0.6) is 0 Å². The summed E-state index contributed by atoms with van der Waals surface area (Å²) in [5.41, 5.74) is 0. The molecule has 4 N–H and O–H groups in total. The van der Waals surface area contributed by atoms with Crippen LogP contribution >= 0.6 is 0 Å². The number of ether oxygens (including phenoxy) is 1. The number of allylic oxidation sites excluding steroid dienone is 2. The molecule has 0 spiro atoms. The highest BCUT2D eigenvalue weighted by atomic mass is 16.5. The van der Waals surface area contributed by atoms with E-state index in [1.165, 1.54) is 161 Å². The molecule has 0 radical (unpaired) electrons. The minimum atomic E-state index is -1.38. The highest BCUT2D eigenvalue weighted by Crippen LogP contribution is 2.19. The number of aliphatic hydroxyl groups excluding tert-OH is 1. The number of carboxylic acids is 1. The molecule has 0 fully saturated rings. The zero-order valence-corrected chi connectivity index (χ0v) is 37.8. The van der Waals surface area contributed by atoms with Crippen LogP contribution in [-0.2, 0) is 23.9 Å². The standard InChI is InChI=1S/C49H92N2O7/c1-3-5-7-9-11-13-15-17-18-19-20-22-24-26-28-33-37-41-48(55)58-44(38-34-30-27-25-23-21-16-14-12-10-8-6-4-2)39-35-31-29-32-36-40-46(53)50-42-47(54)51-45(43-52)49(56)57/h17-18,44-45,52H,3-16,19-43H2,1-2H3,(H,50,53)(H,51,54)(H,56,57)/b18-17-. The van der Waals surface area contributed by atoms with E-state index in [2.05, 4.69) is 36.6 Å². The predicted octanol–water partition coefficient (Wildman–Crippen LogP) is 12.6. The van der Waals surface area contributed by atoms with Gasteiger partial charge in [0.1, 0.15) is 12.1 Å². The summed E-state index contributed by atoms with van der Waals surface area (Å²) < 4.78 is 6.06. The Morgan fingerprint density at radius 1 is 0.500 bits per heavy atom. The maximum Gasteiger partial charge on any atom is 0.328 e. The second kappa shape index (κ2) is 44.1. The highest BCUT2D eigenvalue weighted by Gasteiger charge is 2.19. The Hall–Kier alpha value is -2.42. The van der Waals surface area contributed by atoms with Gasteiger partial charge in [-0.3, -0.25) is 14.4 Å². The van der Waals surface area contributed by atoms with Crippen molar-refractivity contribution in [3.8, 4) is 0 Å². The molecule has 2 atom stereocenters. The highest BCUT2D eigenvalue weighted by molar-refractivity contribution is 5.87. The summed E-state index contributed by atoms with van der Waals surface area (Å²) in [5, 5.41) is 22.6. The maximum absolute atomic E-state index is 12.9. The van der Waals surface area contributed by atoms with Crippen molar-refractivity contribution >= 4 is 23.8 Å². The van der Waals surface area contributed by atoms with Crippen molar-refractivity contribution in [2.24, 2.45) is 0 Å². The van der Waals surface area contributed by atoms with E-state index in [1.807, 2.05) is 0 Å². The summed E-state index contributed by atoms with van der Waals surface area (Å²) in [5.74, 6) is -2.28. The average molecular weight is 821 g/mol. The minimum Gasteiger partial charge on any atom is -0.480 e. The molecular weight excluding hydrogens is 729 g/mol. The van der Waals surface area contributed by atoms with Crippen molar-refractivity contribution in [1.82, 2.24) is 10.6 Å². The summed E-state index contributed by atoms with van der Waals surface area (Å²) >= 11 is 0. The van der Waals surface area contributed by atoms with Gasteiger partial charge in [0.15, 0.2) is 0 Å². The lowest BCUT2D eigenvalue weighted by molar-refractivity contribution is -0.150. The minimum absolute atomic E-state index is 0.0106. The number of esters is 1. The third-order valence-corrected chi connectivity index (χ3v) is 11.3. The van der Waals surface area contributed by atoms with Crippen LogP contribution in [0.4, 0.5) is 0 Å². The summed E-state index contributed by atoms with van der Waals surface area (Å²) in [6.45, 7) is 3.51. The molecule has 2 unspecified atom stereocenters. The Balaban J connectivity index is 4.27. The van der Waals surface area contributed by atoms with E-state index >= 15 is 0 Å². The van der Waals surface area contributed by atoms with Gasteiger partial charge in [0.25, 0.3) is 0 Å². The van der Waals surface area contributed by atoms with E-state index in [0.29, 0.717) is 19.3 Å². The van der Waals surface area contributed by atoms with Crippen LogP contribution in [0.25, 0.3) is 0 Å². The van der Waals surface area contributed by atoms with E-state index in [0.717, 1.165) is 57.8 Å². The number of aliphatic carboxylic acids is 1. The van der Waals surface area contributed by atoms with E-state index in [1.54, 1.807) is 0 Å². The van der Waals surface area contributed by atoms with E-state index in [-0.39, 0.29) is 24.5 Å². The summed E-state index contributed by atoms with van der Waals surface area (Å²) in [7, 11) is 0. The number of hydrogen-bond donors (Lipinski definition) is 4. The molecule has 0 aromatic heterocycles. The fraction of sp³-hybridized carbons (Fsp3) is 0.878. The molecule has 0 aromatic rings. The third kappa shape index (κ3) is 40.4. The lowest BCUT2D eigenvalue weighted by Gasteiger charge is -2.18. The quantitative estimate of drug-likeness (QED) is 0.0272. The lowest BCUT2D eigenvalue weighted by Crippen LogP contribution is -2.47. The van der Waals surface area contributed by atoms with Gasteiger partial charge in [0, 0.05) is 12.8 Å². The third-order valence-electron chi connectivity index (χ3n) is 11.3. The Morgan fingerprint density at radius 2 is 0.879 bits per heavy atom. The fourth-order valence-electron chi connectivity index (χ4n) is 7.48. The van der Waals surface area contributed by atoms with Gasteiger partial charge in [0.2, 0.25) is 11.8 Å². The van der Waals surface area contributed by atoms with Crippen molar-refractivity contribution < 1.29 is 34.1 Å². The molecule has 0 saturated carbocycles. The molecule has 58 heavy (non-hydrogen) atoms. The second-order valence-corrected chi connectivity index (χ2v) is 16.9. The van der Waals surface area contributed by atoms with Crippen molar-refractivity contribution in [1.29, 1.82) is 0 Å². The molecule has 0 aliphatic heterocycles. The number of rotatable bonds is 45. The summed E-state index contributed by atoms with van der Waals surface area (Å²) in [4.78, 5) is 47.7. The van der Waals surface area contributed by atoms with Crippen LogP contribution in [0, 0.1) is 0 Å². The van der Waals surface area contributed by atoms with Gasteiger partial charge < -0.3 is 25.6 Å². The first-order valence-electron chi connectivity index (χ1n) is 24.6. The van der Waals surface area contributed by atoms with E-state index in [9.17, 15) is 19.2 Å². The molecule has 340 valence electrons. The molecule has 9 heteroatoms. The van der Waals surface area contributed by atoms with Gasteiger partial charge in [-0.05, 0) is 64.2 Å². The van der Waals surface area contributed by atoms with Crippen LogP contribution in [0.15, 0.2) is 12.2 Å². The Kier molecular flexibility index (Phi) is 42.3. The molecule has 0 aromatic carbocycles. The first-order valence-corrected chi connectivity index (χ1v) is 24.6. The van der Waals surface area contributed by atoms with Gasteiger partial charge in [-0.1, -0.05) is 187 Å². The van der Waals surface area contributed by atoms with Crippen molar-refractivity contribution in [2.45, 2.75) is 264 Å². The number of carbonyl (C=O) groups is 4. The molecule has 0 bridgehead atoms. The predicted molar refractivity (Wildman–Crippen MR) is 241 cm³/mol. The first-order chi connectivity index (χ1) is 28.3. The first kappa shape index (κ1) is 55.6. The van der Waals surface area contributed by atoms with Crippen molar-refractivity contribution in [3.63, 3.8) is 0 Å². The Morgan fingerprint density at radius 3 is 1.29 bits per heavy atom. The van der Waals surface area contributed by atoms with Crippen molar-refractivity contribution in [2.75, 3.05) is 13.2 Å². The van der Waals surface area contributed by atoms with Crippen LogP contribution < -0.4 is 10.6 Å². The summed E-state index contributed by atoms with van der Waals surface area (Å²) in [6.07, 6.45) is 48.1. The molecule has 0 saturated heterocycles. The Labute approximate surface area is 356 Å². The average Bonchev–Trinajstić information content (AvgIpc) is 3.21. The molecule has 0 rings (SSSR count). The van der Waals surface area contributed by atoms with E-state index < -0.39 is 24.5 Å². The molecule has 2 amide bonds. The van der Waals surface area contributed by atoms with Crippen LogP contribution in [0.2, 0.25) is 0 Å².